The van der Waals surface area contributed by atoms with Gasteiger partial charge in [0.2, 0.25) is 0 Å². The molecule has 140 valence electrons. The van der Waals surface area contributed by atoms with Crippen molar-refractivity contribution in [1.82, 2.24) is 10.2 Å². The van der Waals surface area contributed by atoms with Gasteiger partial charge in [0.1, 0.15) is 5.82 Å². The molecule has 1 aromatic rings. The molecule has 5 nitrogen and oxygen atoms in total. The highest BCUT2D eigenvalue weighted by molar-refractivity contribution is 6.04. The Hall–Kier alpha value is -1.95. The Morgan fingerprint density at radius 1 is 1.28 bits per heavy atom. The van der Waals surface area contributed by atoms with Crippen LogP contribution in [0.4, 0.5) is 4.39 Å². The molecule has 1 rings (SSSR count). The van der Waals surface area contributed by atoms with Crippen molar-refractivity contribution in [3.05, 3.63) is 35.6 Å². The molecule has 0 aliphatic carbocycles. The van der Waals surface area contributed by atoms with Crippen molar-refractivity contribution in [3.63, 3.8) is 0 Å². The predicted octanol–water partition coefficient (Wildman–Crippen LogP) is 3.46. The van der Waals surface area contributed by atoms with Crippen LogP contribution in [0.3, 0.4) is 0 Å². The standard InChI is InChI=1S/C19H30FN3O2/c1-5-23(6-2)14-10-11-15(4)21-19(25-7-3)22-18(24)16-12-8-9-13-17(16)20/h8-9,12-13,15H,5-7,10-11,14H2,1-4H3,(H,21,22,24)/t15-/m0/s1. The summed E-state index contributed by atoms with van der Waals surface area (Å²) in [4.78, 5) is 19.0. The summed E-state index contributed by atoms with van der Waals surface area (Å²) in [5.41, 5.74) is -0.0240. The molecule has 1 amide bonds. The summed E-state index contributed by atoms with van der Waals surface area (Å²) in [7, 11) is 0. The summed E-state index contributed by atoms with van der Waals surface area (Å²) < 4.78 is 19.1. The summed E-state index contributed by atoms with van der Waals surface area (Å²) in [6.45, 7) is 11.6. The third kappa shape index (κ3) is 7.65. The zero-order valence-electron chi connectivity index (χ0n) is 15.7. The monoisotopic (exact) mass is 351 g/mol. The van der Waals surface area contributed by atoms with Crippen molar-refractivity contribution in [1.29, 1.82) is 0 Å². The van der Waals surface area contributed by atoms with Gasteiger partial charge in [-0.1, -0.05) is 26.0 Å². The van der Waals surface area contributed by atoms with Crippen molar-refractivity contribution in [2.45, 2.75) is 46.6 Å². The number of nitrogens with one attached hydrogen (secondary N) is 1. The van der Waals surface area contributed by atoms with Gasteiger partial charge in [-0.3, -0.25) is 10.1 Å². The van der Waals surface area contributed by atoms with Crippen molar-refractivity contribution >= 4 is 11.9 Å². The maximum atomic E-state index is 13.7. The zero-order chi connectivity index (χ0) is 18.7. The van der Waals surface area contributed by atoms with Crippen LogP contribution in [0, 0.1) is 5.82 Å². The molecule has 25 heavy (non-hydrogen) atoms. The van der Waals surface area contributed by atoms with Crippen molar-refractivity contribution < 1.29 is 13.9 Å². The molecule has 0 bridgehead atoms. The maximum Gasteiger partial charge on any atom is 0.291 e. The van der Waals surface area contributed by atoms with E-state index in [9.17, 15) is 9.18 Å². The van der Waals surface area contributed by atoms with Crippen LogP contribution in [0.15, 0.2) is 29.3 Å². The number of aliphatic imine (C=N–C) groups is 1. The number of benzene rings is 1. The molecule has 0 saturated heterocycles. The minimum atomic E-state index is -0.567. The summed E-state index contributed by atoms with van der Waals surface area (Å²) >= 11 is 0. The predicted molar refractivity (Wildman–Crippen MR) is 99.4 cm³/mol. The van der Waals surface area contributed by atoms with E-state index in [1.807, 2.05) is 13.8 Å². The maximum absolute atomic E-state index is 13.7. The summed E-state index contributed by atoms with van der Waals surface area (Å²) in [5.74, 6) is -1.12. The van der Waals surface area contributed by atoms with Gasteiger partial charge >= 0.3 is 0 Å². The van der Waals surface area contributed by atoms with E-state index in [0.29, 0.717) is 6.61 Å². The summed E-state index contributed by atoms with van der Waals surface area (Å²) in [6.07, 6.45) is 1.91. The van der Waals surface area contributed by atoms with Crippen LogP contribution in [0.5, 0.6) is 0 Å². The first-order valence-corrected chi connectivity index (χ1v) is 9.00. The van der Waals surface area contributed by atoms with E-state index in [4.69, 9.17) is 4.74 Å². The molecule has 1 atom stereocenters. The molecule has 1 N–H and O–H groups in total. The Bertz CT molecular complexity index is 559. The van der Waals surface area contributed by atoms with Gasteiger partial charge in [-0.25, -0.2) is 9.38 Å². The molecule has 0 aliphatic heterocycles. The molecule has 0 saturated carbocycles. The number of amidine groups is 1. The van der Waals surface area contributed by atoms with E-state index in [2.05, 4.69) is 29.1 Å². The van der Waals surface area contributed by atoms with Crippen molar-refractivity contribution in [3.8, 4) is 0 Å². The summed E-state index contributed by atoms with van der Waals surface area (Å²) in [6, 6.07) is 6.00. The Balaban J connectivity index is 2.63. The van der Waals surface area contributed by atoms with E-state index >= 15 is 0 Å². The minimum Gasteiger partial charge on any atom is -0.465 e. The lowest BCUT2D eigenvalue weighted by molar-refractivity contribution is 0.0962. The first-order valence-electron chi connectivity index (χ1n) is 9.00. The van der Waals surface area contributed by atoms with Gasteiger partial charge < -0.3 is 9.64 Å². The Morgan fingerprint density at radius 3 is 2.56 bits per heavy atom. The van der Waals surface area contributed by atoms with Crippen molar-refractivity contribution in [2.24, 2.45) is 4.99 Å². The van der Waals surface area contributed by atoms with Gasteiger partial charge in [0.05, 0.1) is 18.2 Å². The minimum absolute atomic E-state index is 0.0121. The van der Waals surface area contributed by atoms with Crippen LogP contribution >= 0.6 is 0 Å². The number of hydrogen-bond acceptors (Lipinski definition) is 4. The molecule has 0 unspecified atom stereocenters. The normalized spacial score (nSPS) is 13.0. The fraction of sp³-hybridized carbons (Fsp3) is 0.579. The number of ether oxygens (including phenoxy) is 1. The average Bonchev–Trinajstić information content (AvgIpc) is 2.59. The second-order valence-electron chi connectivity index (χ2n) is 5.82. The lowest BCUT2D eigenvalue weighted by Gasteiger charge is -2.18. The number of carbonyl (C=O) groups is 1. The van der Waals surface area contributed by atoms with E-state index in [-0.39, 0.29) is 17.6 Å². The van der Waals surface area contributed by atoms with Gasteiger partial charge in [0, 0.05) is 0 Å². The topological polar surface area (TPSA) is 53.9 Å². The number of carbonyl (C=O) groups excluding carboxylic acids is 1. The number of halogens is 1. The molecule has 0 heterocycles. The number of nitrogens with zero attached hydrogens (tertiary/aromatic N) is 2. The van der Waals surface area contributed by atoms with E-state index in [0.717, 1.165) is 32.5 Å². The van der Waals surface area contributed by atoms with Crippen LogP contribution in [-0.2, 0) is 4.74 Å². The molecule has 0 aromatic heterocycles. The van der Waals surface area contributed by atoms with Crippen molar-refractivity contribution in [2.75, 3.05) is 26.2 Å². The zero-order valence-corrected chi connectivity index (χ0v) is 15.7. The van der Waals surface area contributed by atoms with Gasteiger partial charge in [-0.2, -0.15) is 0 Å². The number of amides is 1. The quantitative estimate of drug-likeness (QED) is 0.547. The third-order valence-electron chi connectivity index (χ3n) is 3.95. The molecule has 0 spiro atoms. The van der Waals surface area contributed by atoms with Crippen LogP contribution < -0.4 is 5.32 Å². The molecule has 1 aromatic carbocycles. The first-order chi connectivity index (χ1) is 12.0. The number of rotatable bonds is 9. The van der Waals surface area contributed by atoms with Gasteiger partial charge in [0.15, 0.2) is 0 Å². The van der Waals surface area contributed by atoms with E-state index in [1.54, 1.807) is 12.1 Å². The van der Waals surface area contributed by atoms with Crippen LogP contribution in [0.1, 0.15) is 50.9 Å². The highest BCUT2D eigenvalue weighted by Crippen LogP contribution is 2.07. The second kappa shape index (κ2) is 11.6. The van der Waals surface area contributed by atoms with Gasteiger partial charge in [-0.15, -0.1) is 0 Å². The molecule has 6 heteroatoms. The van der Waals surface area contributed by atoms with Gasteiger partial charge in [0.25, 0.3) is 11.9 Å². The molecule has 0 fully saturated rings. The van der Waals surface area contributed by atoms with Crippen LogP contribution in [0.25, 0.3) is 0 Å². The molecule has 0 radical (unpaired) electrons. The van der Waals surface area contributed by atoms with Gasteiger partial charge in [-0.05, 0) is 58.5 Å². The Labute approximate surface area is 150 Å². The molecule has 0 aliphatic rings. The van der Waals surface area contributed by atoms with Crippen LogP contribution in [-0.4, -0.2) is 49.1 Å². The highest BCUT2D eigenvalue weighted by Gasteiger charge is 2.14. The Kier molecular flexibility index (Phi) is 9.77. The second-order valence-corrected chi connectivity index (χ2v) is 5.82. The third-order valence-corrected chi connectivity index (χ3v) is 3.95. The smallest absolute Gasteiger partial charge is 0.291 e. The average molecular weight is 351 g/mol. The lowest BCUT2D eigenvalue weighted by Crippen LogP contribution is -2.34. The fourth-order valence-corrected chi connectivity index (χ4v) is 2.47. The highest BCUT2D eigenvalue weighted by atomic mass is 19.1. The summed E-state index contributed by atoms with van der Waals surface area (Å²) in [5, 5.41) is 2.57. The fourth-order valence-electron chi connectivity index (χ4n) is 2.47. The van der Waals surface area contributed by atoms with Crippen LogP contribution in [0.2, 0.25) is 0 Å². The van der Waals surface area contributed by atoms with E-state index < -0.39 is 11.7 Å². The first kappa shape index (κ1) is 21.1. The van der Waals surface area contributed by atoms with E-state index in [1.165, 1.54) is 12.1 Å². The molecular formula is C19H30FN3O2. The largest absolute Gasteiger partial charge is 0.465 e. The number of hydrogen-bond donors (Lipinski definition) is 1. The SMILES string of the molecule is CCOC(=N[C@@H](C)CCCN(CC)CC)NC(=O)c1ccccc1F. The molecular weight excluding hydrogens is 321 g/mol. The lowest BCUT2D eigenvalue weighted by atomic mass is 10.2. The Morgan fingerprint density at radius 2 is 1.96 bits per heavy atom.